The molecule has 8 heteroatoms. The zero-order valence-electron chi connectivity index (χ0n) is 20.9. The Hall–Kier alpha value is -3.48. The van der Waals surface area contributed by atoms with E-state index in [9.17, 15) is 19.8 Å². The van der Waals surface area contributed by atoms with Crippen LogP contribution in [0.25, 0.3) is 5.76 Å². The minimum absolute atomic E-state index is 0.0211. The van der Waals surface area contributed by atoms with Crippen molar-refractivity contribution in [1.82, 2.24) is 0 Å². The molecular formula is C29H27Cl2NO5. The van der Waals surface area contributed by atoms with Gasteiger partial charge in [-0.3, -0.25) is 14.5 Å². The number of ketones is 1. The number of carbonyl (C=O) groups is 2. The van der Waals surface area contributed by atoms with Crippen LogP contribution in [0.2, 0.25) is 10.0 Å². The number of amides is 1. The van der Waals surface area contributed by atoms with Crippen LogP contribution in [0.1, 0.15) is 50.4 Å². The molecule has 4 rings (SSSR count). The van der Waals surface area contributed by atoms with Crippen molar-refractivity contribution in [2.75, 3.05) is 11.5 Å². The number of aromatic hydroxyl groups is 1. The lowest BCUT2D eigenvalue weighted by Gasteiger charge is -2.26. The molecule has 1 aliphatic rings. The van der Waals surface area contributed by atoms with Gasteiger partial charge in [0.05, 0.1) is 18.2 Å². The summed E-state index contributed by atoms with van der Waals surface area (Å²) < 4.78 is 5.79. The second kappa shape index (κ2) is 10.1. The summed E-state index contributed by atoms with van der Waals surface area (Å²) in [6, 6.07) is 14.9. The zero-order valence-corrected chi connectivity index (χ0v) is 22.4. The van der Waals surface area contributed by atoms with Crippen LogP contribution in [-0.2, 0) is 15.0 Å². The summed E-state index contributed by atoms with van der Waals surface area (Å²) in [7, 11) is 0. The van der Waals surface area contributed by atoms with Crippen LogP contribution >= 0.6 is 23.2 Å². The first-order valence-corrected chi connectivity index (χ1v) is 12.5. The van der Waals surface area contributed by atoms with E-state index in [0.717, 1.165) is 5.56 Å². The van der Waals surface area contributed by atoms with Crippen molar-refractivity contribution in [3.05, 3.63) is 93.0 Å². The first kappa shape index (κ1) is 26.6. The number of Topliss-reactive ketones (excluding diaryl/α,β-unsaturated/α-hetero) is 1. The maximum Gasteiger partial charge on any atom is 0.300 e. The number of ether oxygens (including phenoxy) is 1. The molecule has 6 nitrogen and oxygen atoms in total. The highest BCUT2D eigenvalue weighted by molar-refractivity contribution is 6.52. The van der Waals surface area contributed by atoms with Gasteiger partial charge in [0.25, 0.3) is 11.7 Å². The van der Waals surface area contributed by atoms with Crippen LogP contribution in [0.15, 0.2) is 66.2 Å². The number of phenolic OH excluding ortho intramolecular Hbond substituents is 1. The lowest BCUT2D eigenvalue weighted by Crippen LogP contribution is -2.29. The van der Waals surface area contributed by atoms with E-state index in [2.05, 4.69) is 0 Å². The van der Waals surface area contributed by atoms with E-state index in [1.807, 2.05) is 27.7 Å². The number of rotatable bonds is 5. The van der Waals surface area contributed by atoms with E-state index in [0.29, 0.717) is 29.2 Å². The van der Waals surface area contributed by atoms with Crippen molar-refractivity contribution >= 4 is 46.3 Å². The Balaban J connectivity index is 1.96. The van der Waals surface area contributed by atoms with E-state index in [-0.39, 0.29) is 32.5 Å². The van der Waals surface area contributed by atoms with Gasteiger partial charge in [-0.05, 0) is 66.4 Å². The fraction of sp³-hybridized carbons (Fsp3) is 0.241. The number of nitrogens with zero attached hydrogens (tertiary/aromatic N) is 1. The summed E-state index contributed by atoms with van der Waals surface area (Å²) in [6.07, 6.45) is 0. The third-order valence-corrected chi connectivity index (χ3v) is 6.58. The third kappa shape index (κ3) is 5.17. The molecule has 1 unspecified atom stereocenters. The van der Waals surface area contributed by atoms with E-state index < -0.39 is 17.7 Å². The van der Waals surface area contributed by atoms with Gasteiger partial charge in [0, 0.05) is 26.9 Å². The Morgan fingerprint density at radius 2 is 1.59 bits per heavy atom. The van der Waals surface area contributed by atoms with Crippen molar-refractivity contribution in [2.45, 2.75) is 39.2 Å². The van der Waals surface area contributed by atoms with E-state index >= 15 is 0 Å². The van der Waals surface area contributed by atoms with Crippen molar-refractivity contribution in [3.8, 4) is 11.5 Å². The molecule has 1 fully saturated rings. The van der Waals surface area contributed by atoms with E-state index in [4.69, 9.17) is 27.9 Å². The van der Waals surface area contributed by atoms with Crippen molar-refractivity contribution in [1.29, 1.82) is 0 Å². The average molecular weight is 540 g/mol. The number of aliphatic hydroxyl groups excluding tert-OH is 1. The van der Waals surface area contributed by atoms with Gasteiger partial charge in [-0.15, -0.1) is 0 Å². The Kier molecular flexibility index (Phi) is 7.27. The van der Waals surface area contributed by atoms with Crippen molar-refractivity contribution in [3.63, 3.8) is 0 Å². The van der Waals surface area contributed by atoms with Gasteiger partial charge in [-0.25, -0.2) is 0 Å². The number of carbonyl (C=O) groups excluding carboxylic acids is 2. The summed E-state index contributed by atoms with van der Waals surface area (Å²) in [6.45, 7) is 8.43. The predicted molar refractivity (Wildman–Crippen MR) is 146 cm³/mol. The third-order valence-electron chi connectivity index (χ3n) is 6.14. The quantitative estimate of drug-likeness (QED) is 0.206. The molecule has 2 N–H and O–H groups in total. The number of hydrogen-bond acceptors (Lipinski definition) is 5. The van der Waals surface area contributed by atoms with E-state index in [1.165, 1.54) is 35.2 Å². The normalized spacial score (nSPS) is 17.4. The van der Waals surface area contributed by atoms with Gasteiger partial charge in [0.2, 0.25) is 0 Å². The van der Waals surface area contributed by atoms with Crippen LogP contribution in [0.4, 0.5) is 5.69 Å². The van der Waals surface area contributed by atoms with Gasteiger partial charge in [0.15, 0.2) is 0 Å². The van der Waals surface area contributed by atoms with Crippen LogP contribution in [-0.4, -0.2) is 28.5 Å². The van der Waals surface area contributed by atoms with E-state index in [1.54, 1.807) is 30.3 Å². The molecule has 1 amide bonds. The Morgan fingerprint density at radius 3 is 2.16 bits per heavy atom. The number of anilines is 1. The Labute approximate surface area is 225 Å². The first-order valence-electron chi connectivity index (χ1n) is 11.8. The molecule has 1 atom stereocenters. The Bertz CT molecular complexity index is 1390. The van der Waals surface area contributed by atoms with Crippen LogP contribution in [0, 0.1) is 0 Å². The smallest absolute Gasteiger partial charge is 0.300 e. The Morgan fingerprint density at radius 1 is 0.973 bits per heavy atom. The zero-order chi connectivity index (χ0) is 27.1. The van der Waals surface area contributed by atoms with Gasteiger partial charge >= 0.3 is 0 Å². The highest BCUT2D eigenvalue weighted by atomic mass is 35.5. The van der Waals surface area contributed by atoms with Gasteiger partial charge in [-0.1, -0.05) is 56.1 Å². The summed E-state index contributed by atoms with van der Waals surface area (Å²) in [5.41, 5.74) is 1.63. The van der Waals surface area contributed by atoms with Gasteiger partial charge in [-0.2, -0.15) is 0 Å². The molecule has 3 aromatic carbocycles. The molecular weight excluding hydrogens is 513 g/mol. The summed E-state index contributed by atoms with van der Waals surface area (Å²) in [4.78, 5) is 28.1. The molecule has 0 radical (unpaired) electrons. The summed E-state index contributed by atoms with van der Waals surface area (Å²) in [5.74, 6) is -1.30. The molecule has 0 aliphatic carbocycles. The molecule has 0 saturated carbocycles. The minimum Gasteiger partial charge on any atom is -0.508 e. The maximum atomic E-state index is 13.4. The largest absolute Gasteiger partial charge is 0.508 e. The second-order valence-electron chi connectivity index (χ2n) is 9.78. The van der Waals surface area contributed by atoms with Gasteiger partial charge in [0.1, 0.15) is 17.3 Å². The van der Waals surface area contributed by atoms with Crippen molar-refractivity contribution < 1.29 is 24.5 Å². The second-order valence-corrected chi connectivity index (χ2v) is 10.7. The fourth-order valence-electron chi connectivity index (χ4n) is 4.45. The molecule has 0 bridgehead atoms. The highest BCUT2D eigenvalue weighted by Crippen LogP contribution is 2.44. The SMILES string of the molecule is CCOc1ccc(/C(O)=C2/C(=O)C(=O)N(c3cc(Cl)cc(Cl)c3)C2c2ccc(O)cc2)cc1C(C)(C)C. The molecule has 1 aliphatic heterocycles. The number of hydrogen-bond donors (Lipinski definition) is 2. The number of aliphatic hydroxyl groups is 1. The summed E-state index contributed by atoms with van der Waals surface area (Å²) in [5, 5.41) is 21.9. The topological polar surface area (TPSA) is 87.1 Å². The maximum absolute atomic E-state index is 13.4. The summed E-state index contributed by atoms with van der Waals surface area (Å²) >= 11 is 12.4. The number of phenols is 1. The lowest BCUT2D eigenvalue weighted by atomic mass is 9.84. The predicted octanol–water partition coefficient (Wildman–Crippen LogP) is 7.02. The molecule has 0 aromatic heterocycles. The van der Waals surface area contributed by atoms with Gasteiger partial charge < -0.3 is 14.9 Å². The van der Waals surface area contributed by atoms with Crippen LogP contribution in [0.5, 0.6) is 11.5 Å². The number of benzene rings is 3. The molecule has 1 saturated heterocycles. The standard InChI is InChI=1S/C29H27Cl2NO5/c1-5-37-23-11-8-17(12-22(23)29(2,3)4)26(34)24-25(16-6-9-21(33)10-7-16)32(28(36)27(24)35)20-14-18(30)13-19(31)15-20/h6-15,25,33-34H,5H2,1-4H3/b26-24-. The monoisotopic (exact) mass is 539 g/mol. The number of halogens is 2. The minimum atomic E-state index is -0.986. The highest BCUT2D eigenvalue weighted by Gasteiger charge is 2.47. The molecule has 37 heavy (non-hydrogen) atoms. The molecule has 1 heterocycles. The molecule has 0 spiro atoms. The molecule has 3 aromatic rings. The molecule has 192 valence electrons. The van der Waals surface area contributed by atoms with Crippen LogP contribution < -0.4 is 9.64 Å². The van der Waals surface area contributed by atoms with Crippen LogP contribution in [0.3, 0.4) is 0 Å². The van der Waals surface area contributed by atoms with Crippen molar-refractivity contribution in [2.24, 2.45) is 0 Å². The first-order chi connectivity index (χ1) is 17.4. The lowest BCUT2D eigenvalue weighted by molar-refractivity contribution is -0.132. The average Bonchev–Trinajstić information content (AvgIpc) is 3.08. The fourth-order valence-corrected chi connectivity index (χ4v) is 4.96.